The molecule has 0 saturated carbocycles. The molecule has 22 heavy (non-hydrogen) atoms. The van der Waals surface area contributed by atoms with Crippen molar-refractivity contribution < 1.29 is 19.4 Å². The summed E-state index contributed by atoms with van der Waals surface area (Å²) in [5, 5.41) is 19.8. The maximum atomic E-state index is 12.7. The molecule has 0 bridgehead atoms. The first-order valence-corrected chi connectivity index (χ1v) is 6.96. The van der Waals surface area contributed by atoms with Crippen LogP contribution in [0.4, 0.5) is 0 Å². The molecule has 0 spiro atoms. The molecule has 0 aliphatic heterocycles. The van der Waals surface area contributed by atoms with Gasteiger partial charge in [0.1, 0.15) is 33.1 Å². The van der Waals surface area contributed by atoms with E-state index in [1.165, 1.54) is 19.2 Å². The van der Waals surface area contributed by atoms with E-state index in [-0.39, 0.29) is 37.7 Å². The summed E-state index contributed by atoms with van der Waals surface area (Å²) >= 11 is 11.9. The minimum atomic E-state index is -0.529. The van der Waals surface area contributed by atoms with Crippen molar-refractivity contribution >= 4 is 45.1 Å². The largest absolute Gasteiger partial charge is 0.506 e. The molecule has 0 radical (unpaired) electrons. The van der Waals surface area contributed by atoms with E-state index in [1.54, 1.807) is 6.92 Å². The number of rotatable bonds is 1. The number of fused-ring (bicyclic) bond motifs is 2. The molecule has 0 aliphatic carbocycles. The van der Waals surface area contributed by atoms with Gasteiger partial charge in [-0.25, -0.2) is 0 Å². The van der Waals surface area contributed by atoms with Crippen LogP contribution in [0.25, 0.3) is 21.9 Å². The molecule has 0 saturated heterocycles. The fourth-order valence-corrected chi connectivity index (χ4v) is 2.77. The average Bonchev–Trinajstić information content (AvgIpc) is 2.48. The van der Waals surface area contributed by atoms with Crippen molar-refractivity contribution in [1.29, 1.82) is 0 Å². The highest BCUT2D eigenvalue weighted by Gasteiger charge is 2.20. The number of halogens is 2. The summed E-state index contributed by atoms with van der Waals surface area (Å²) in [5.41, 5.74) is 0.228. The maximum Gasteiger partial charge on any atom is 0.204 e. The predicted octanol–water partition coefficient (Wildman–Crippen LogP) is 3.98. The molecule has 114 valence electrons. The van der Waals surface area contributed by atoms with Crippen LogP contribution >= 0.6 is 23.2 Å². The molecule has 0 unspecified atom stereocenters. The second kappa shape index (κ2) is 4.97. The van der Waals surface area contributed by atoms with Gasteiger partial charge in [0, 0.05) is 12.1 Å². The monoisotopic (exact) mass is 340 g/mol. The number of aryl methyl sites for hydroxylation is 1. The highest BCUT2D eigenvalue weighted by Crippen LogP contribution is 2.40. The molecule has 0 fully saturated rings. The highest BCUT2D eigenvalue weighted by molar-refractivity contribution is 6.35. The minimum absolute atomic E-state index is 0.0145. The summed E-state index contributed by atoms with van der Waals surface area (Å²) in [6.07, 6.45) is 0. The maximum absolute atomic E-state index is 12.7. The summed E-state index contributed by atoms with van der Waals surface area (Å²) in [6, 6.07) is 2.66. The van der Waals surface area contributed by atoms with Gasteiger partial charge in [-0.3, -0.25) is 4.79 Å². The Bertz CT molecular complexity index is 991. The van der Waals surface area contributed by atoms with E-state index in [1.807, 2.05) is 0 Å². The Morgan fingerprint density at radius 1 is 1.09 bits per heavy atom. The summed E-state index contributed by atoms with van der Waals surface area (Å²) in [4.78, 5) is 12.7. The van der Waals surface area contributed by atoms with E-state index in [0.717, 1.165) is 0 Å². The van der Waals surface area contributed by atoms with Gasteiger partial charge in [-0.2, -0.15) is 0 Å². The van der Waals surface area contributed by atoms with Gasteiger partial charge in [-0.1, -0.05) is 23.2 Å². The number of phenols is 2. The number of methoxy groups -OCH3 is 1. The number of hydrogen-bond donors (Lipinski definition) is 2. The summed E-state index contributed by atoms with van der Waals surface area (Å²) in [7, 11) is 1.45. The molecule has 1 aromatic heterocycles. The van der Waals surface area contributed by atoms with E-state index in [9.17, 15) is 15.0 Å². The fourth-order valence-electron chi connectivity index (χ4n) is 2.40. The quantitative estimate of drug-likeness (QED) is 0.655. The standard InChI is InChI=1S/C15H10Cl2O5/c1-5-10-8(4-9(21-2)12(5)16)22-7-3-6(18)13(17)15(20)11(7)14(10)19/h3-4,18,20H,1-2H3. The molecule has 0 atom stereocenters. The predicted molar refractivity (Wildman–Crippen MR) is 84.6 cm³/mol. The van der Waals surface area contributed by atoms with Crippen molar-refractivity contribution in [3.8, 4) is 17.2 Å². The van der Waals surface area contributed by atoms with E-state index < -0.39 is 11.2 Å². The zero-order chi connectivity index (χ0) is 16.2. The van der Waals surface area contributed by atoms with Crippen LogP contribution < -0.4 is 10.2 Å². The van der Waals surface area contributed by atoms with Gasteiger partial charge in [0.25, 0.3) is 0 Å². The summed E-state index contributed by atoms with van der Waals surface area (Å²) in [6.45, 7) is 1.65. The van der Waals surface area contributed by atoms with E-state index in [2.05, 4.69) is 0 Å². The molecule has 3 rings (SSSR count). The van der Waals surface area contributed by atoms with Crippen molar-refractivity contribution in [1.82, 2.24) is 0 Å². The number of phenolic OH excluding ortho intramolecular Hbond substituents is 2. The third kappa shape index (κ3) is 1.90. The molecule has 0 aliphatic rings. The molecular formula is C15H10Cl2O5. The second-order valence-electron chi connectivity index (χ2n) is 4.75. The number of benzene rings is 2. The third-order valence-electron chi connectivity index (χ3n) is 3.51. The lowest BCUT2D eigenvalue weighted by atomic mass is 10.1. The van der Waals surface area contributed by atoms with Gasteiger partial charge in [0.05, 0.1) is 17.5 Å². The topological polar surface area (TPSA) is 79.9 Å². The molecule has 2 aromatic carbocycles. The lowest BCUT2D eigenvalue weighted by Gasteiger charge is -2.11. The van der Waals surface area contributed by atoms with E-state index >= 15 is 0 Å². The van der Waals surface area contributed by atoms with Gasteiger partial charge in [0.15, 0.2) is 5.75 Å². The SMILES string of the molecule is COc1cc2oc3cc(O)c(Cl)c(O)c3c(=O)c2c(C)c1Cl. The highest BCUT2D eigenvalue weighted by atomic mass is 35.5. The Kier molecular flexibility index (Phi) is 3.34. The second-order valence-corrected chi connectivity index (χ2v) is 5.51. The Hall–Kier alpha value is -2.11. The van der Waals surface area contributed by atoms with Crippen molar-refractivity contribution in [2.24, 2.45) is 0 Å². The van der Waals surface area contributed by atoms with Crippen LogP contribution in [0.1, 0.15) is 5.56 Å². The average molecular weight is 341 g/mol. The van der Waals surface area contributed by atoms with Crippen LogP contribution in [0.5, 0.6) is 17.2 Å². The van der Waals surface area contributed by atoms with Crippen LogP contribution in [0.3, 0.4) is 0 Å². The zero-order valence-corrected chi connectivity index (χ0v) is 13.0. The fraction of sp³-hybridized carbons (Fsp3) is 0.133. The molecule has 7 heteroatoms. The first-order valence-electron chi connectivity index (χ1n) is 6.20. The lowest BCUT2D eigenvalue weighted by molar-refractivity contribution is 0.414. The molecule has 5 nitrogen and oxygen atoms in total. The first kappa shape index (κ1) is 14.8. The van der Waals surface area contributed by atoms with Crippen LogP contribution in [0.15, 0.2) is 21.3 Å². The first-order chi connectivity index (χ1) is 10.4. The van der Waals surface area contributed by atoms with Gasteiger partial charge in [0.2, 0.25) is 5.43 Å². The van der Waals surface area contributed by atoms with Gasteiger partial charge in [-0.05, 0) is 12.5 Å². The molecule has 0 amide bonds. The lowest BCUT2D eigenvalue weighted by Crippen LogP contribution is -2.05. The zero-order valence-electron chi connectivity index (χ0n) is 11.5. The summed E-state index contributed by atoms with van der Waals surface area (Å²) < 4.78 is 10.7. The summed E-state index contributed by atoms with van der Waals surface area (Å²) in [5.74, 6) is -0.554. The normalized spacial score (nSPS) is 11.3. The van der Waals surface area contributed by atoms with Crippen LogP contribution in [-0.2, 0) is 0 Å². The van der Waals surface area contributed by atoms with Crippen LogP contribution in [0, 0.1) is 6.92 Å². The Morgan fingerprint density at radius 2 is 1.73 bits per heavy atom. The van der Waals surface area contributed by atoms with E-state index in [0.29, 0.717) is 11.3 Å². The van der Waals surface area contributed by atoms with Gasteiger partial charge in [-0.15, -0.1) is 0 Å². The minimum Gasteiger partial charge on any atom is -0.506 e. The smallest absolute Gasteiger partial charge is 0.204 e. The van der Waals surface area contributed by atoms with Crippen molar-refractivity contribution in [3.05, 3.63) is 38.0 Å². The Labute approximate surface area is 134 Å². The molecule has 3 aromatic rings. The van der Waals surface area contributed by atoms with Gasteiger partial charge >= 0.3 is 0 Å². The van der Waals surface area contributed by atoms with Crippen LogP contribution in [-0.4, -0.2) is 17.3 Å². The Morgan fingerprint density at radius 3 is 2.36 bits per heavy atom. The number of ether oxygens (including phenoxy) is 1. The van der Waals surface area contributed by atoms with Crippen LogP contribution in [0.2, 0.25) is 10.0 Å². The van der Waals surface area contributed by atoms with Crippen molar-refractivity contribution in [2.75, 3.05) is 7.11 Å². The van der Waals surface area contributed by atoms with Gasteiger partial charge < -0.3 is 19.4 Å². The van der Waals surface area contributed by atoms with Crippen molar-refractivity contribution in [3.63, 3.8) is 0 Å². The molecule has 2 N–H and O–H groups in total. The third-order valence-corrected chi connectivity index (χ3v) is 4.35. The number of aromatic hydroxyl groups is 2. The Balaban J connectivity index is 2.62. The number of hydrogen-bond acceptors (Lipinski definition) is 5. The molecular weight excluding hydrogens is 331 g/mol. The molecule has 1 heterocycles. The van der Waals surface area contributed by atoms with E-state index in [4.69, 9.17) is 32.4 Å². The van der Waals surface area contributed by atoms with Crippen molar-refractivity contribution in [2.45, 2.75) is 6.92 Å².